The van der Waals surface area contributed by atoms with Crippen molar-refractivity contribution in [2.75, 3.05) is 24.2 Å². The summed E-state index contributed by atoms with van der Waals surface area (Å²) in [4.78, 5) is 13.8. The second kappa shape index (κ2) is 10.9. The highest BCUT2D eigenvalue weighted by Gasteiger charge is 2.22. The number of anilines is 2. The molecule has 0 aliphatic heterocycles. The summed E-state index contributed by atoms with van der Waals surface area (Å²) >= 11 is 0. The number of benzene rings is 2. The van der Waals surface area contributed by atoms with E-state index < -0.39 is 6.61 Å². The number of halogens is 2. The van der Waals surface area contributed by atoms with E-state index in [1.165, 1.54) is 66.8 Å². The van der Waals surface area contributed by atoms with Gasteiger partial charge in [-0.25, -0.2) is 0 Å². The maximum atomic E-state index is 12.3. The molecule has 0 spiro atoms. The lowest BCUT2D eigenvalue weighted by atomic mass is 9.94. The normalized spacial score (nSPS) is 15.6. The molecular weight excluding hydrogens is 388 g/mol. The Hall–Kier alpha value is -2.67. The summed E-state index contributed by atoms with van der Waals surface area (Å²) in [6.07, 6.45) is 6.55. The lowest BCUT2D eigenvalue weighted by molar-refractivity contribution is -0.921. The van der Waals surface area contributed by atoms with Crippen LogP contribution in [0.15, 0.2) is 48.5 Å². The van der Waals surface area contributed by atoms with Crippen LogP contribution < -0.4 is 20.3 Å². The quantitative estimate of drug-likeness (QED) is 0.582. The molecule has 0 aromatic heterocycles. The highest BCUT2D eigenvalue weighted by atomic mass is 19.3. The third-order valence-electron chi connectivity index (χ3n) is 5.59. The molecule has 3 rings (SSSR count). The molecule has 1 amide bonds. The molecule has 2 aromatic rings. The zero-order valence-corrected chi connectivity index (χ0v) is 17.3. The van der Waals surface area contributed by atoms with Crippen LogP contribution in [0.1, 0.15) is 37.7 Å². The second-order valence-electron chi connectivity index (χ2n) is 7.82. The SMILES string of the molecule is C[NH+](Cc1ccccc1NCC(=O)Nc1ccc(OC(F)F)cc1)C1CCCCC1. The van der Waals surface area contributed by atoms with Gasteiger partial charge in [-0.2, -0.15) is 8.78 Å². The van der Waals surface area contributed by atoms with Crippen molar-refractivity contribution in [3.05, 3.63) is 54.1 Å². The van der Waals surface area contributed by atoms with Crippen LogP contribution in [0, 0.1) is 0 Å². The summed E-state index contributed by atoms with van der Waals surface area (Å²) in [7, 11) is 2.25. The van der Waals surface area contributed by atoms with Crippen LogP contribution in [0.2, 0.25) is 0 Å². The highest BCUT2D eigenvalue weighted by molar-refractivity contribution is 5.93. The van der Waals surface area contributed by atoms with Crippen molar-refractivity contribution in [2.24, 2.45) is 0 Å². The van der Waals surface area contributed by atoms with Crippen molar-refractivity contribution in [3.8, 4) is 5.75 Å². The summed E-state index contributed by atoms with van der Waals surface area (Å²) in [6.45, 7) is -1.83. The Morgan fingerprint density at radius 3 is 2.50 bits per heavy atom. The van der Waals surface area contributed by atoms with Gasteiger partial charge in [-0.15, -0.1) is 0 Å². The van der Waals surface area contributed by atoms with Crippen LogP contribution >= 0.6 is 0 Å². The number of hydrogen-bond acceptors (Lipinski definition) is 3. The van der Waals surface area contributed by atoms with E-state index in [2.05, 4.69) is 28.5 Å². The zero-order chi connectivity index (χ0) is 21.3. The molecule has 1 aliphatic rings. The van der Waals surface area contributed by atoms with Crippen LogP contribution in [0.25, 0.3) is 0 Å². The van der Waals surface area contributed by atoms with E-state index in [4.69, 9.17) is 0 Å². The average molecular weight is 419 g/mol. The maximum absolute atomic E-state index is 12.3. The predicted molar refractivity (Wildman–Crippen MR) is 114 cm³/mol. The number of hydrogen-bond donors (Lipinski definition) is 3. The van der Waals surface area contributed by atoms with E-state index in [-0.39, 0.29) is 18.2 Å². The van der Waals surface area contributed by atoms with Crippen LogP contribution in [-0.4, -0.2) is 32.2 Å². The van der Waals surface area contributed by atoms with Gasteiger partial charge in [0.2, 0.25) is 5.91 Å². The average Bonchev–Trinajstić information content (AvgIpc) is 2.75. The van der Waals surface area contributed by atoms with Gasteiger partial charge in [0, 0.05) is 16.9 Å². The minimum Gasteiger partial charge on any atom is -0.435 e. The first-order valence-electron chi connectivity index (χ1n) is 10.5. The number of amides is 1. The first-order chi connectivity index (χ1) is 14.5. The van der Waals surface area contributed by atoms with Crippen molar-refractivity contribution >= 4 is 17.3 Å². The molecule has 3 N–H and O–H groups in total. The lowest BCUT2D eigenvalue weighted by Gasteiger charge is -2.28. The molecular formula is C23H30F2N3O2+. The molecule has 2 aromatic carbocycles. The Morgan fingerprint density at radius 2 is 1.80 bits per heavy atom. The Balaban J connectivity index is 1.52. The number of carbonyl (C=O) groups is 1. The van der Waals surface area contributed by atoms with Crippen molar-refractivity contribution in [1.29, 1.82) is 0 Å². The molecule has 1 aliphatic carbocycles. The van der Waals surface area contributed by atoms with Gasteiger partial charge in [0.25, 0.3) is 0 Å². The van der Waals surface area contributed by atoms with E-state index in [0.717, 1.165) is 12.2 Å². The smallest absolute Gasteiger partial charge is 0.387 e. The molecule has 30 heavy (non-hydrogen) atoms. The molecule has 0 heterocycles. The molecule has 1 saturated carbocycles. The summed E-state index contributed by atoms with van der Waals surface area (Å²) in [5.41, 5.74) is 2.68. The maximum Gasteiger partial charge on any atom is 0.387 e. The summed E-state index contributed by atoms with van der Waals surface area (Å²) in [5.74, 6) is -0.153. The largest absolute Gasteiger partial charge is 0.435 e. The molecule has 1 atom stereocenters. The minimum atomic E-state index is -2.87. The predicted octanol–water partition coefficient (Wildman–Crippen LogP) is 3.69. The van der Waals surface area contributed by atoms with Crippen LogP contribution in [0.4, 0.5) is 20.2 Å². The molecule has 0 saturated heterocycles. The molecule has 0 radical (unpaired) electrons. The monoisotopic (exact) mass is 418 g/mol. The zero-order valence-electron chi connectivity index (χ0n) is 17.3. The number of rotatable bonds is 9. The van der Waals surface area contributed by atoms with Gasteiger partial charge in [0.15, 0.2) is 0 Å². The van der Waals surface area contributed by atoms with E-state index in [1.54, 1.807) is 0 Å². The fourth-order valence-corrected chi connectivity index (χ4v) is 3.99. The number of ether oxygens (including phenoxy) is 1. The highest BCUT2D eigenvalue weighted by Crippen LogP contribution is 2.19. The Labute approximate surface area is 176 Å². The van der Waals surface area contributed by atoms with Gasteiger partial charge in [-0.1, -0.05) is 24.6 Å². The number of nitrogens with one attached hydrogen (secondary N) is 3. The molecule has 1 fully saturated rings. The molecule has 7 heteroatoms. The van der Waals surface area contributed by atoms with Crippen LogP contribution in [0.5, 0.6) is 5.75 Å². The van der Waals surface area contributed by atoms with Gasteiger partial charge < -0.3 is 20.3 Å². The van der Waals surface area contributed by atoms with E-state index in [9.17, 15) is 13.6 Å². The van der Waals surface area contributed by atoms with E-state index in [0.29, 0.717) is 11.7 Å². The molecule has 162 valence electrons. The molecule has 0 bridgehead atoms. The van der Waals surface area contributed by atoms with Gasteiger partial charge >= 0.3 is 6.61 Å². The molecule has 5 nitrogen and oxygen atoms in total. The number of quaternary nitrogens is 1. The van der Waals surface area contributed by atoms with Crippen molar-refractivity contribution < 1.29 is 23.2 Å². The third-order valence-corrected chi connectivity index (χ3v) is 5.59. The van der Waals surface area contributed by atoms with Crippen molar-refractivity contribution in [2.45, 2.75) is 51.3 Å². The fourth-order valence-electron chi connectivity index (χ4n) is 3.99. The van der Waals surface area contributed by atoms with Crippen molar-refractivity contribution in [3.63, 3.8) is 0 Å². The summed E-state index contributed by atoms with van der Waals surface area (Å²) < 4.78 is 28.7. The van der Waals surface area contributed by atoms with Crippen LogP contribution in [-0.2, 0) is 11.3 Å². The Kier molecular flexibility index (Phi) is 8.02. The Bertz CT molecular complexity index is 808. The van der Waals surface area contributed by atoms with Gasteiger partial charge in [0.05, 0.1) is 19.6 Å². The summed E-state index contributed by atoms with van der Waals surface area (Å²) in [5, 5.41) is 5.98. The Morgan fingerprint density at radius 1 is 1.10 bits per heavy atom. The van der Waals surface area contributed by atoms with Gasteiger partial charge in [-0.3, -0.25) is 4.79 Å². The number of para-hydroxylation sites is 1. The first kappa shape index (κ1) is 22.0. The summed E-state index contributed by atoms with van der Waals surface area (Å²) in [6, 6.07) is 14.6. The van der Waals surface area contributed by atoms with Crippen molar-refractivity contribution in [1.82, 2.24) is 0 Å². The number of carbonyl (C=O) groups excluding carboxylic acids is 1. The lowest BCUT2D eigenvalue weighted by Crippen LogP contribution is -3.11. The van der Waals surface area contributed by atoms with E-state index >= 15 is 0 Å². The standard InChI is InChI=1S/C23H29F2N3O2/c1-28(19-8-3-2-4-9-19)16-17-7-5-6-10-21(17)26-15-22(29)27-18-11-13-20(14-12-18)30-23(24)25/h5-7,10-14,19,23,26H,2-4,8-9,15-16H2,1H3,(H,27,29)/p+1. The second-order valence-corrected chi connectivity index (χ2v) is 7.82. The number of alkyl halides is 2. The van der Waals surface area contributed by atoms with Gasteiger partial charge in [-0.05, 0) is 56.0 Å². The fraction of sp³-hybridized carbons (Fsp3) is 0.435. The van der Waals surface area contributed by atoms with E-state index in [1.807, 2.05) is 18.2 Å². The first-order valence-corrected chi connectivity index (χ1v) is 10.5. The van der Waals surface area contributed by atoms with Crippen LogP contribution in [0.3, 0.4) is 0 Å². The minimum absolute atomic E-state index is 0.0552. The topological polar surface area (TPSA) is 54.8 Å². The third kappa shape index (κ3) is 6.69. The van der Waals surface area contributed by atoms with Gasteiger partial charge in [0.1, 0.15) is 12.3 Å². The molecule has 1 unspecified atom stereocenters.